The minimum Gasteiger partial charge on any atom is -0.342 e. The molecular weight excluding hydrogens is 320 g/mol. The molecule has 1 aromatic rings. The van der Waals surface area contributed by atoms with E-state index in [9.17, 15) is 14.4 Å². The van der Waals surface area contributed by atoms with Crippen LogP contribution in [0, 0.1) is 12.3 Å². The molecule has 136 valence electrons. The molecule has 2 aliphatic rings. The van der Waals surface area contributed by atoms with E-state index in [1.807, 2.05) is 16.7 Å². The maximum atomic E-state index is 12.7. The molecule has 3 rings (SSSR count). The van der Waals surface area contributed by atoms with Crippen LogP contribution in [0.3, 0.4) is 0 Å². The maximum Gasteiger partial charge on any atom is 0.254 e. The van der Waals surface area contributed by atoms with E-state index in [1.54, 1.807) is 6.92 Å². The highest BCUT2D eigenvalue weighted by atomic mass is 16.2. The molecule has 25 heavy (non-hydrogen) atoms. The Hall–Kier alpha value is -2.18. The number of H-pyrrole nitrogens is 1. The van der Waals surface area contributed by atoms with E-state index in [4.69, 9.17) is 0 Å². The number of amides is 2. The van der Waals surface area contributed by atoms with E-state index >= 15 is 0 Å². The molecule has 7 nitrogen and oxygen atoms in total. The van der Waals surface area contributed by atoms with Crippen molar-refractivity contribution in [1.29, 1.82) is 0 Å². The second-order valence-electron chi connectivity index (χ2n) is 7.33. The highest BCUT2D eigenvalue weighted by Crippen LogP contribution is 2.38. The first-order valence-electron chi connectivity index (χ1n) is 9.03. The standard InChI is InChI=1S/C18H26N4O3/c1-3-21-11-18(7-5-15(21)23)6-4-8-22(12-18)16(24)9-14-10-19-13(2)20-17(14)25/h10H,3-9,11-12H2,1-2H3,(H,19,20,25)/t18-/m0/s1. The summed E-state index contributed by atoms with van der Waals surface area (Å²) in [4.78, 5) is 47.1. The van der Waals surface area contributed by atoms with Gasteiger partial charge in [-0.3, -0.25) is 14.4 Å². The molecule has 0 bridgehead atoms. The first-order chi connectivity index (χ1) is 11.9. The van der Waals surface area contributed by atoms with Crippen molar-refractivity contribution in [2.24, 2.45) is 5.41 Å². The first kappa shape index (κ1) is 17.6. The van der Waals surface area contributed by atoms with Crippen molar-refractivity contribution in [2.45, 2.75) is 46.0 Å². The van der Waals surface area contributed by atoms with E-state index in [-0.39, 0.29) is 29.2 Å². The summed E-state index contributed by atoms with van der Waals surface area (Å²) >= 11 is 0. The Bertz CT molecular complexity index is 729. The summed E-state index contributed by atoms with van der Waals surface area (Å²) in [5, 5.41) is 0. The van der Waals surface area contributed by atoms with Crippen molar-refractivity contribution < 1.29 is 9.59 Å². The van der Waals surface area contributed by atoms with Crippen LogP contribution in [0.1, 0.15) is 44.0 Å². The van der Waals surface area contributed by atoms with Crippen LogP contribution in [0.5, 0.6) is 0 Å². The van der Waals surface area contributed by atoms with E-state index in [0.29, 0.717) is 24.4 Å². The van der Waals surface area contributed by atoms with Crippen LogP contribution in [0.2, 0.25) is 0 Å². The number of hydrogen-bond donors (Lipinski definition) is 1. The van der Waals surface area contributed by atoms with Gasteiger partial charge in [-0.15, -0.1) is 0 Å². The number of carbonyl (C=O) groups excluding carboxylic acids is 2. The summed E-state index contributed by atoms with van der Waals surface area (Å²) in [5.74, 6) is 0.730. The molecule has 1 spiro atoms. The van der Waals surface area contributed by atoms with Crippen molar-refractivity contribution in [3.8, 4) is 0 Å². The van der Waals surface area contributed by atoms with Crippen LogP contribution < -0.4 is 5.56 Å². The molecule has 7 heteroatoms. The molecule has 2 amide bonds. The van der Waals surface area contributed by atoms with Gasteiger partial charge in [-0.25, -0.2) is 4.98 Å². The SMILES string of the molecule is CCN1C[C@]2(CCCN(C(=O)Cc3cnc(C)[nH]c3=O)C2)CCC1=O. The van der Waals surface area contributed by atoms with Gasteiger partial charge in [0.25, 0.3) is 5.56 Å². The van der Waals surface area contributed by atoms with Gasteiger partial charge in [0.15, 0.2) is 0 Å². The molecule has 0 aromatic carbocycles. The summed E-state index contributed by atoms with van der Waals surface area (Å²) in [6.07, 6.45) is 4.97. The lowest BCUT2D eigenvalue weighted by Gasteiger charge is -2.48. The predicted octanol–water partition coefficient (Wildman–Crippen LogP) is 0.872. The lowest BCUT2D eigenvalue weighted by Crippen LogP contribution is -2.55. The third-order valence-electron chi connectivity index (χ3n) is 5.49. The van der Waals surface area contributed by atoms with Crippen molar-refractivity contribution in [2.75, 3.05) is 26.2 Å². The van der Waals surface area contributed by atoms with Crippen molar-refractivity contribution in [3.63, 3.8) is 0 Å². The van der Waals surface area contributed by atoms with E-state index in [2.05, 4.69) is 9.97 Å². The molecule has 0 aliphatic carbocycles. The van der Waals surface area contributed by atoms with Gasteiger partial charge in [0.2, 0.25) is 11.8 Å². The maximum absolute atomic E-state index is 12.7. The molecule has 1 aromatic heterocycles. The molecule has 1 atom stereocenters. The Morgan fingerprint density at radius 1 is 1.32 bits per heavy atom. The van der Waals surface area contributed by atoms with Crippen LogP contribution in [0.25, 0.3) is 0 Å². The smallest absolute Gasteiger partial charge is 0.254 e. The van der Waals surface area contributed by atoms with Gasteiger partial charge in [0, 0.05) is 49.8 Å². The van der Waals surface area contributed by atoms with Gasteiger partial charge in [-0.05, 0) is 33.1 Å². The molecule has 1 N–H and O–H groups in total. The van der Waals surface area contributed by atoms with Crippen LogP contribution in [-0.4, -0.2) is 57.8 Å². The second kappa shape index (κ2) is 6.98. The summed E-state index contributed by atoms with van der Waals surface area (Å²) in [6.45, 7) is 6.56. The number of piperidine rings is 2. The van der Waals surface area contributed by atoms with Crippen LogP contribution in [0.4, 0.5) is 0 Å². The number of aromatic nitrogens is 2. The average Bonchev–Trinajstić information content (AvgIpc) is 2.60. The fourth-order valence-electron chi connectivity index (χ4n) is 4.06. The zero-order valence-electron chi connectivity index (χ0n) is 15.0. The minimum absolute atomic E-state index is 0.00970. The van der Waals surface area contributed by atoms with Gasteiger partial charge in [-0.2, -0.15) is 0 Å². The zero-order valence-corrected chi connectivity index (χ0v) is 15.0. The summed E-state index contributed by atoms with van der Waals surface area (Å²) in [5.41, 5.74) is 0.174. The largest absolute Gasteiger partial charge is 0.342 e. The fraction of sp³-hybridized carbons (Fsp3) is 0.667. The fourth-order valence-corrected chi connectivity index (χ4v) is 4.06. The van der Waals surface area contributed by atoms with Crippen molar-refractivity contribution in [1.82, 2.24) is 19.8 Å². The Morgan fingerprint density at radius 2 is 2.12 bits per heavy atom. The number of aromatic amines is 1. The quantitative estimate of drug-likeness (QED) is 0.880. The summed E-state index contributed by atoms with van der Waals surface area (Å²) in [7, 11) is 0. The molecule has 2 fully saturated rings. The van der Waals surface area contributed by atoms with Gasteiger partial charge in [0.1, 0.15) is 5.82 Å². The van der Waals surface area contributed by atoms with Gasteiger partial charge < -0.3 is 14.8 Å². The highest BCUT2D eigenvalue weighted by Gasteiger charge is 2.42. The zero-order chi connectivity index (χ0) is 18.0. The number of aryl methyl sites for hydroxylation is 1. The first-order valence-corrected chi connectivity index (χ1v) is 9.03. The second-order valence-corrected chi connectivity index (χ2v) is 7.33. The molecule has 0 unspecified atom stereocenters. The minimum atomic E-state index is -0.243. The topological polar surface area (TPSA) is 86.4 Å². The Labute approximate surface area is 147 Å². The molecular formula is C18H26N4O3. The summed E-state index contributed by atoms with van der Waals surface area (Å²) < 4.78 is 0. The molecule has 2 aliphatic heterocycles. The molecule has 3 heterocycles. The van der Waals surface area contributed by atoms with Crippen LogP contribution in [-0.2, 0) is 16.0 Å². The number of nitrogens with zero attached hydrogens (tertiary/aromatic N) is 3. The van der Waals surface area contributed by atoms with Gasteiger partial charge >= 0.3 is 0 Å². The number of carbonyl (C=O) groups is 2. The van der Waals surface area contributed by atoms with E-state index in [0.717, 1.165) is 38.9 Å². The van der Waals surface area contributed by atoms with Crippen LogP contribution in [0.15, 0.2) is 11.0 Å². The van der Waals surface area contributed by atoms with E-state index in [1.165, 1.54) is 6.20 Å². The number of likely N-dealkylation sites (tertiary alicyclic amines) is 2. The number of rotatable bonds is 3. The van der Waals surface area contributed by atoms with Gasteiger partial charge in [0.05, 0.1) is 6.42 Å². The average molecular weight is 346 g/mol. The number of nitrogens with one attached hydrogen (secondary N) is 1. The van der Waals surface area contributed by atoms with E-state index < -0.39 is 0 Å². The summed E-state index contributed by atoms with van der Waals surface area (Å²) in [6, 6.07) is 0. The predicted molar refractivity (Wildman–Crippen MR) is 93.0 cm³/mol. The lowest BCUT2D eigenvalue weighted by molar-refractivity contribution is -0.142. The normalized spacial score (nSPS) is 24.0. The number of hydrogen-bond acceptors (Lipinski definition) is 4. The lowest BCUT2D eigenvalue weighted by atomic mass is 9.73. The monoisotopic (exact) mass is 346 g/mol. The van der Waals surface area contributed by atoms with Crippen molar-refractivity contribution in [3.05, 3.63) is 27.9 Å². The third kappa shape index (κ3) is 3.75. The Morgan fingerprint density at radius 3 is 2.84 bits per heavy atom. The Kier molecular flexibility index (Phi) is 4.92. The Balaban J connectivity index is 1.69. The molecule has 2 saturated heterocycles. The van der Waals surface area contributed by atoms with Gasteiger partial charge in [-0.1, -0.05) is 0 Å². The third-order valence-corrected chi connectivity index (χ3v) is 5.49. The molecule has 0 saturated carbocycles. The van der Waals surface area contributed by atoms with Crippen LogP contribution >= 0.6 is 0 Å². The molecule has 0 radical (unpaired) electrons. The highest BCUT2D eigenvalue weighted by molar-refractivity contribution is 5.79. The van der Waals surface area contributed by atoms with Crippen molar-refractivity contribution >= 4 is 11.8 Å².